The number of amides is 4. The van der Waals surface area contributed by atoms with Gasteiger partial charge in [0.1, 0.15) is 6.04 Å². The van der Waals surface area contributed by atoms with E-state index in [1.807, 2.05) is 0 Å². The summed E-state index contributed by atoms with van der Waals surface area (Å²) in [5.74, 6) is -1.95. The van der Waals surface area contributed by atoms with Gasteiger partial charge in [-0.15, -0.1) is 0 Å². The molecular weight excluding hydrogens is 404 g/mol. The molecule has 3 aliphatic rings. The van der Waals surface area contributed by atoms with Crippen molar-refractivity contribution in [2.75, 3.05) is 5.32 Å². The third kappa shape index (κ3) is 3.10. The zero-order valence-corrected chi connectivity index (χ0v) is 16.3. The molecule has 158 valence electrons. The normalized spacial score (nSPS) is 20.0. The van der Waals surface area contributed by atoms with Crippen molar-refractivity contribution in [2.45, 2.75) is 38.5 Å². The highest BCUT2D eigenvalue weighted by Gasteiger charge is 2.45. The molecule has 31 heavy (non-hydrogen) atoms. The van der Waals surface area contributed by atoms with E-state index in [0.29, 0.717) is 29.9 Å². The van der Waals surface area contributed by atoms with Crippen LogP contribution in [0.3, 0.4) is 0 Å². The van der Waals surface area contributed by atoms with Gasteiger partial charge in [-0.1, -0.05) is 12.1 Å². The number of aromatic amines is 1. The lowest BCUT2D eigenvalue weighted by molar-refractivity contribution is -0.136. The molecule has 1 saturated heterocycles. The fourth-order valence-corrected chi connectivity index (χ4v) is 4.17. The Morgan fingerprint density at radius 3 is 2.74 bits per heavy atom. The Morgan fingerprint density at radius 2 is 1.94 bits per heavy atom. The molecule has 0 radical (unpaired) electrons. The fraction of sp³-hybridized carbons (Fsp3) is 0.300. The van der Waals surface area contributed by atoms with Crippen LogP contribution in [0.25, 0.3) is 0 Å². The van der Waals surface area contributed by atoms with Crippen molar-refractivity contribution in [3.8, 4) is 0 Å². The van der Waals surface area contributed by atoms with Crippen molar-refractivity contribution in [2.24, 2.45) is 0 Å². The van der Waals surface area contributed by atoms with Gasteiger partial charge in [0.15, 0.2) is 0 Å². The molecule has 4 N–H and O–H groups in total. The molecule has 1 unspecified atom stereocenters. The number of carbonyl (C=O) groups is 4. The van der Waals surface area contributed by atoms with E-state index in [2.05, 4.69) is 25.9 Å². The summed E-state index contributed by atoms with van der Waals surface area (Å²) in [4.78, 5) is 69.8. The van der Waals surface area contributed by atoms with Gasteiger partial charge in [-0.05, 0) is 18.1 Å². The first-order chi connectivity index (χ1) is 14.9. The van der Waals surface area contributed by atoms with Crippen LogP contribution in [0.4, 0.5) is 5.95 Å². The van der Waals surface area contributed by atoms with Gasteiger partial charge in [0, 0.05) is 26.1 Å². The van der Waals surface area contributed by atoms with Crippen LogP contribution in [0, 0.1) is 0 Å². The first kappa shape index (κ1) is 19.1. The number of hydrogen-bond acceptors (Lipinski definition) is 8. The van der Waals surface area contributed by atoms with Gasteiger partial charge < -0.3 is 10.6 Å². The Hall–Kier alpha value is -3.86. The number of hydrogen-bond donors (Lipinski definition) is 4. The Morgan fingerprint density at radius 1 is 1.10 bits per heavy atom. The van der Waals surface area contributed by atoms with Crippen LogP contribution in [0.5, 0.6) is 0 Å². The van der Waals surface area contributed by atoms with Gasteiger partial charge in [0.2, 0.25) is 17.8 Å². The number of anilines is 1. The van der Waals surface area contributed by atoms with Crippen LogP contribution in [0.2, 0.25) is 0 Å². The van der Waals surface area contributed by atoms with Crippen LogP contribution < -0.4 is 21.5 Å². The van der Waals surface area contributed by atoms with E-state index in [1.54, 1.807) is 12.1 Å². The number of nitrogens with zero attached hydrogens (tertiary/aromatic N) is 2. The van der Waals surface area contributed by atoms with E-state index in [4.69, 9.17) is 0 Å². The van der Waals surface area contributed by atoms with Gasteiger partial charge in [-0.2, -0.15) is 0 Å². The van der Waals surface area contributed by atoms with Gasteiger partial charge in [0.05, 0.1) is 22.4 Å². The second-order valence-electron chi connectivity index (χ2n) is 7.58. The summed E-state index contributed by atoms with van der Waals surface area (Å²) in [6.45, 7) is 1.11. The highest BCUT2D eigenvalue weighted by Crippen LogP contribution is 2.30. The van der Waals surface area contributed by atoms with Crippen LogP contribution in [0.1, 0.15) is 50.4 Å². The summed E-state index contributed by atoms with van der Waals surface area (Å²) in [5, 5.41) is 8.25. The molecular formula is C20H18N6O5. The Labute approximate surface area is 175 Å². The van der Waals surface area contributed by atoms with Crippen LogP contribution in [-0.2, 0) is 29.2 Å². The average Bonchev–Trinajstić information content (AvgIpc) is 3.31. The number of H-pyrrole nitrogens is 1. The molecule has 11 nitrogen and oxygen atoms in total. The molecule has 0 saturated carbocycles. The zero-order valence-electron chi connectivity index (χ0n) is 16.3. The van der Waals surface area contributed by atoms with Crippen molar-refractivity contribution in [3.63, 3.8) is 0 Å². The Balaban J connectivity index is 1.41. The molecule has 1 aromatic carbocycles. The van der Waals surface area contributed by atoms with Crippen molar-refractivity contribution in [1.29, 1.82) is 0 Å². The lowest BCUT2D eigenvalue weighted by Crippen LogP contribution is -2.54. The topological polar surface area (TPSA) is 153 Å². The van der Waals surface area contributed by atoms with E-state index >= 15 is 0 Å². The highest BCUT2D eigenvalue weighted by atomic mass is 16.2. The number of imide groups is 2. The number of rotatable bonds is 4. The molecule has 1 aromatic heterocycles. The molecule has 3 aliphatic heterocycles. The standard InChI is InChI=1S/C20H18N6O5/c27-14-5-4-13(17(29)24-14)26-18(30)10-3-1-2-9(15(10)19(26)31)6-22-20-23-12-8-21-7-11(12)16(28)25-20/h1-3,13,21H,4-8H2,(H,24,27,29)(H2,22,23,25,28). The SMILES string of the molecule is O=C1CCC(N2C(=O)c3cccc(CNc4nc5c(c(=O)[nH]4)CNC5)c3C2=O)C(=O)N1. The fourth-order valence-electron chi connectivity index (χ4n) is 4.17. The highest BCUT2D eigenvalue weighted by molar-refractivity contribution is 6.24. The van der Waals surface area contributed by atoms with Crippen LogP contribution in [0.15, 0.2) is 23.0 Å². The van der Waals surface area contributed by atoms with Crippen molar-refractivity contribution in [1.82, 2.24) is 25.5 Å². The van der Waals surface area contributed by atoms with Gasteiger partial charge in [0.25, 0.3) is 17.4 Å². The largest absolute Gasteiger partial charge is 0.352 e. The van der Waals surface area contributed by atoms with Crippen molar-refractivity contribution >= 4 is 29.6 Å². The van der Waals surface area contributed by atoms with Crippen LogP contribution in [-0.4, -0.2) is 44.5 Å². The molecule has 0 bridgehead atoms. The van der Waals surface area contributed by atoms with Gasteiger partial charge >= 0.3 is 0 Å². The average molecular weight is 422 g/mol. The van der Waals surface area contributed by atoms with Gasteiger partial charge in [-0.3, -0.25) is 39.2 Å². The lowest BCUT2D eigenvalue weighted by atomic mass is 10.0. The maximum absolute atomic E-state index is 13.1. The monoisotopic (exact) mass is 422 g/mol. The number of fused-ring (bicyclic) bond motifs is 2. The number of benzene rings is 1. The zero-order chi connectivity index (χ0) is 21.7. The van der Waals surface area contributed by atoms with Crippen LogP contribution >= 0.6 is 0 Å². The number of carbonyl (C=O) groups excluding carboxylic acids is 4. The molecule has 1 fully saturated rings. The quantitative estimate of drug-likeness (QED) is 0.476. The second-order valence-corrected chi connectivity index (χ2v) is 7.58. The van der Waals surface area contributed by atoms with E-state index in [1.165, 1.54) is 6.07 Å². The molecule has 5 rings (SSSR count). The predicted molar refractivity (Wildman–Crippen MR) is 106 cm³/mol. The third-order valence-electron chi connectivity index (χ3n) is 5.70. The summed E-state index contributed by atoms with van der Waals surface area (Å²) in [5.41, 5.74) is 1.98. The minimum atomic E-state index is -1.02. The Bertz CT molecular complexity index is 1220. The van der Waals surface area contributed by atoms with Gasteiger partial charge in [-0.25, -0.2) is 4.98 Å². The predicted octanol–water partition coefficient (Wildman–Crippen LogP) is -0.614. The Kier molecular flexibility index (Phi) is 4.40. The first-order valence-electron chi connectivity index (χ1n) is 9.84. The molecule has 0 aliphatic carbocycles. The van der Waals surface area contributed by atoms with Crippen molar-refractivity contribution < 1.29 is 19.2 Å². The summed E-state index contributed by atoms with van der Waals surface area (Å²) in [6, 6.07) is 3.86. The van der Waals surface area contributed by atoms with E-state index in [-0.39, 0.29) is 42.0 Å². The third-order valence-corrected chi connectivity index (χ3v) is 5.70. The molecule has 11 heteroatoms. The number of aromatic nitrogens is 2. The summed E-state index contributed by atoms with van der Waals surface area (Å²) >= 11 is 0. The maximum atomic E-state index is 13.1. The minimum absolute atomic E-state index is 0.0600. The maximum Gasteiger partial charge on any atom is 0.262 e. The molecule has 2 aromatic rings. The number of piperidine rings is 1. The van der Waals surface area contributed by atoms with E-state index in [0.717, 1.165) is 4.90 Å². The van der Waals surface area contributed by atoms with E-state index in [9.17, 15) is 24.0 Å². The first-order valence-corrected chi connectivity index (χ1v) is 9.84. The number of nitrogens with one attached hydrogen (secondary N) is 4. The lowest BCUT2D eigenvalue weighted by Gasteiger charge is -2.27. The molecule has 4 amide bonds. The molecule has 1 atom stereocenters. The second kappa shape index (κ2) is 7.13. The minimum Gasteiger partial charge on any atom is -0.352 e. The summed E-state index contributed by atoms with van der Waals surface area (Å²) < 4.78 is 0. The molecule has 0 spiro atoms. The summed E-state index contributed by atoms with van der Waals surface area (Å²) in [7, 11) is 0. The smallest absolute Gasteiger partial charge is 0.262 e. The van der Waals surface area contributed by atoms with Crippen molar-refractivity contribution in [3.05, 3.63) is 56.5 Å². The molecule has 4 heterocycles. The van der Waals surface area contributed by atoms with E-state index < -0.39 is 29.7 Å². The summed E-state index contributed by atoms with van der Waals surface area (Å²) in [6.07, 6.45) is 0.155.